The molecular formula is C12H13NO4S2. The van der Waals surface area contributed by atoms with Gasteiger partial charge in [0.25, 0.3) is 0 Å². The van der Waals surface area contributed by atoms with Crippen molar-refractivity contribution in [1.29, 1.82) is 0 Å². The first-order valence-corrected chi connectivity index (χ1v) is 8.43. The SMILES string of the molecule is O=S(=O)(CCC1OCCO1)c1nc2ccccc2s1. The van der Waals surface area contributed by atoms with E-state index in [9.17, 15) is 8.42 Å². The maximum atomic E-state index is 12.2. The van der Waals surface area contributed by atoms with Crippen molar-refractivity contribution >= 4 is 31.4 Å². The molecule has 0 atom stereocenters. The third-order valence-electron chi connectivity index (χ3n) is 2.85. The molecule has 102 valence electrons. The molecule has 7 heteroatoms. The lowest BCUT2D eigenvalue weighted by Gasteiger charge is -2.07. The minimum absolute atomic E-state index is 0.00249. The van der Waals surface area contributed by atoms with Gasteiger partial charge in [-0.2, -0.15) is 0 Å². The molecule has 1 aromatic heterocycles. The van der Waals surface area contributed by atoms with Crippen LogP contribution < -0.4 is 0 Å². The van der Waals surface area contributed by atoms with Crippen LogP contribution in [0.2, 0.25) is 0 Å². The van der Waals surface area contributed by atoms with Crippen molar-refractivity contribution in [2.75, 3.05) is 19.0 Å². The van der Waals surface area contributed by atoms with Crippen molar-refractivity contribution in [1.82, 2.24) is 4.98 Å². The first kappa shape index (κ1) is 13.0. The van der Waals surface area contributed by atoms with Crippen molar-refractivity contribution in [2.45, 2.75) is 17.1 Å². The van der Waals surface area contributed by atoms with E-state index in [4.69, 9.17) is 9.47 Å². The Morgan fingerprint density at radius 3 is 2.74 bits per heavy atom. The van der Waals surface area contributed by atoms with Crippen LogP contribution in [0.25, 0.3) is 10.2 Å². The van der Waals surface area contributed by atoms with Crippen LogP contribution in [-0.2, 0) is 19.3 Å². The minimum Gasteiger partial charge on any atom is -0.350 e. The minimum atomic E-state index is -3.36. The normalized spacial score (nSPS) is 17.3. The molecule has 2 heterocycles. The molecule has 0 spiro atoms. The standard InChI is InChI=1S/C12H13NO4S2/c14-19(15,8-5-11-16-6-7-17-11)12-13-9-3-1-2-4-10(9)18-12/h1-4,11H,5-8H2. The summed E-state index contributed by atoms with van der Waals surface area (Å²) in [5, 5.41) is 0. The number of aromatic nitrogens is 1. The van der Waals surface area contributed by atoms with E-state index in [1.54, 1.807) is 0 Å². The molecule has 0 unspecified atom stereocenters. The summed E-state index contributed by atoms with van der Waals surface area (Å²) in [5.41, 5.74) is 0.722. The second kappa shape index (κ2) is 5.16. The number of sulfone groups is 1. The van der Waals surface area contributed by atoms with Crippen LogP contribution in [0.5, 0.6) is 0 Å². The van der Waals surface area contributed by atoms with Gasteiger partial charge in [-0.15, -0.1) is 11.3 Å². The number of para-hydroxylation sites is 1. The fraction of sp³-hybridized carbons (Fsp3) is 0.417. The molecule has 0 aliphatic carbocycles. The molecule has 1 saturated heterocycles. The van der Waals surface area contributed by atoms with Crippen molar-refractivity contribution in [3.63, 3.8) is 0 Å². The first-order valence-electron chi connectivity index (χ1n) is 5.97. The summed E-state index contributed by atoms with van der Waals surface area (Å²) < 4.78 is 35.9. The summed E-state index contributed by atoms with van der Waals surface area (Å²) in [5.74, 6) is -0.00249. The molecular weight excluding hydrogens is 286 g/mol. The van der Waals surface area contributed by atoms with E-state index >= 15 is 0 Å². The topological polar surface area (TPSA) is 65.5 Å². The number of fused-ring (bicyclic) bond motifs is 1. The van der Waals surface area contributed by atoms with Crippen LogP contribution in [0.4, 0.5) is 0 Å². The Kier molecular flexibility index (Phi) is 3.53. The number of hydrogen-bond donors (Lipinski definition) is 0. The summed E-state index contributed by atoms with van der Waals surface area (Å²) in [6, 6.07) is 7.40. The van der Waals surface area contributed by atoms with E-state index in [0.29, 0.717) is 19.6 Å². The fourth-order valence-corrected chi connectivity index (χ4v) is 4.54. The summed E-state index contributed by atoms with van der Waals surface area (Å²) in [6.07, 6.45) is -0.0534. The van der Waals surface area contributed by atoms with Gasteiger partial charge in [-0.1, -0.05) is 12.1 Å². The van der Waals surface area contributed by atoms with E-state index in [1.807, 2.05) is 24.3 Å². The molecule has 2 aromatic rings. The summed E-state index contributed by atoms with van der Waals surface area (Å²) in [7, 11) is -3.36. The van der Waals surface area contributed by atoms with Gasteiger partial charge in [-0.05, 0) is 12.1 Å². The van der Waals surface area contributed by atoms with Gasteiger partial charge in [-0.3, -0.25) is 0 Å². The smallest absolute Gasteiger partial charge is 0.210 e. The van der Waals surface area contributed by atoms with Gasteiger partial charge in [0.1, 0.15) is 0 Å². The van der Waals surface area contributed by atoms with Crippen molar-refractivity contribution < 1.29 is 17.9 Å². The second-order valence-corrected chi connectivity index (χ2v) is 7.54. The summed E-state index contributed by atoms with van der Waals surface area (Å²) in [4.78, 5) is 4.18. The van der Waals surface area contributed by atoms with Gasteiger partial charge < -0.3 is 9.47 Å². The van der Waals surface area contributed by atoms with Crippen LogP contribution >= 0.6 is 11.3 Å². The zero-order valence-corrected chi connectivity index (χ0v) is 11.7. The monoisotopic (exact) mass is 299 g/mol. The Morgan fingerprint density at radius 2 is 2.00 bits per heavy atom. The van der Waals surface area contributed by atoms with Crippen molar-refractivity contribution in [3.8, 4) is 0 Å². The van der Waals surface area contributed by atoms with E-state index in [2.05, 4.69) is 4.98 Å². The largest absolute Gasteiger partial charge is 0.350 e. The number of hydrogen-bond acceptors (Lipinski definition) is 6. The highest BCUT2D eigenvalue weighted by molar-refractivity contribution is 7.93. The molecule has 1 fully saturated rings. The third kappa shape index (κ3) is 2.79. The Hall–Kier alpha value is -1.02. The average molecular weight is 299 g/mol. The molecule has 19 heavy (non-hydrogen) atoms. The number of rotatable bonds is 4. The first-order chi connectivity index (χ1) is 9.15. The molecule has 0 bridgehead atoms. The molecule has 5 nitrogen and oxygen atoms in total. The van der Waals surface area contributed by atoms with Gasteiger partial charge in [0.15, 0.2) is 6.29 Å². The summed E-state index contributed by atoms with van der Waals surface area (Å²) in [6.45, 7) is 1.07. The molecule has 1 aromatic carbocycles. The molecule has 0 amide bonds. The van der Waals surface area contributed by atoms with Gasteiger partial charge >= 0.3 is 0 Å². The molecule has 0 saturated carbocycles. The van der Waals surface area contributed by atoms with E-state index in [-0.39, 0.29) is 10.1 Å². The van der Waals surface area contributed by atoms with E-state index in [0.717, 1.165) is 10.2 Å². The van der Waals surface area contributed by atoms with Gasteiger partial charge in [0.2, 0.25) is 14.2 Å². The lowest BCUT2D eigenvalue weighted by atomic mass is 10.3. The number of nitrogens with zero attached hydrogens (tertiary/aromatic N) is 1. The summed E-state index contributed by atoms with van der Waals surface area (Å²) >= 11 is 1.21. The fourth-order valence-electron chi connectivity index (χ4n) is 1.90. The third-order valence-corrected chi connectivity index (χ3v) is 6.09. The molecule has 1 aliphatic rings. The van der Waals surface area contributed by atoms with Crippen molar-refractivity contribution in [3.05, 3.63) is 24.3 Å². The van der Waals surface area contributed by atoms with E-state index in [1.165, 1.54) is 11.3 Å². The quantitative estimate of drug-likeness (QED) is 0.862. The van der Waals surface area contributed by atoms with Gasteiger partial charge in [0.05, 0.1) is 29.2 Å². The Morgan fingerprint density at radius 1 is 1.26 bits per heavy atom. The Labute approximate surface area is 115 Å². The predicted octanol–water partition coefficient (Wildman–Crippen LogP) is 1.83. The number of benzene rings is 1. The Balaban J connectivity index is 1.78. The zero-order chi connectivity index (χ0) is 13.3. The predicted molar refractivity (Wildman–Crippen MR) is 72.0 cm³/mol. The second-order valence-electron chi connectivity index (χ2n) is 4.23. The van der Waals surface area contributed by atoms with Crippen LogP contribution in [0, 0.1) is 0 Å². The number of ether oxygens (including phenoxy) is 2. The average Bonchev–Trinajstić information content (AvgIpc) is 3.05. The number of thiazole rings is 1. The lowest BCUT2D eigenvalue weighted by Crippen LogP contribution is -2.15. The van der Waals surface area contributed by atoms with Crippen LogP contribution in [0.15, 0.2) is 28.6 Å². The molecule has 0 N–H and O–H groups in total. The van der Waals surface area contributed by atoms with Crippen molar-refractivity contribution in [2.24, 2.45) is 0 Å². The van der Waals surface area contributed by atoms with Crippen LogP contribution in [0.1, 0.15) is 6.42 Å². The maximum Gasteiger partial charge on any atom is 0.210 e. The Bertz CT molecular complexity index is 641. The molecule has 0 radical (unpaired) electrons. The van der Waals surface area contributed by atoms with Crippen LogP contribution in [0.3, 0.4) is 0 Å². The van der Waals surface area contributed by atoms with Gasteiger partial charge in [-0.25, -0.2) is 13.4 Å². The molecule has 1 aliphatic heterocycles. The maximum absolute atomic E-state index is 12.2. The highest BCUT2D eigenvalue weighted by Gasteiger charge is 2.24. The molecule has 3 rings (SSSR count). The van der Waals surface area contributed by atoms with Crippen LogP contribution in [-0.4, -0.2) is 38.7 Å². The zero-order valence-electron chi connectivity index (χ0n) is 10.1. The van der Waals surface area contributed by atoms with Gasteiger partial charge in [0, 0.05) is 6.42 Å². The highest BCUT2D eigenvalue weighted by Crippen LogP contribution is 2.26. The lowest BCUT2D eigenvalue weighted by molar-refractivity contribution is -0.0424. The highest BCUT2D eigenvalue weighted by atomic mass is 32.2. The van der Waals surface area contributed by atoms with E-state index < -0.39 is 16.1 Å².